The Bertz CT molecular complexity index is 1360. The van der Waals surface area contributed by atoms with E-state index in [0.29, 0.717) is 28.8 Å². The van der Waals surface area contributed by atoms with E-state index in [0.717, 1.165) is 47.4 Å². The molecule has 1 saturated heterocycles. The molecule has 1 unspecified atom stereocenters. The van der Waals surface area contributed by atoms with Gasteiger partial charge in [0.2, 0.25) is 0 Å². The van der Waals surface area contributed by atoms with E-state index in [2.05, 4.69) is 25.9 Å². The molecule has 1 fully saturated rings. The van der Waals surface area contributed by atoms with Gasteiger partial charge in [-0.2, -0.15) is 10.2 Å². The molecule has 11 heteroatoms. The van der Waals surface area contributed by atoms with Gasteiger partial charge in [-0.05, 0) is 42.8 Å². The summed E-state index contributed by atoms with van der Waals surface area (Å²) in [6.45, 7) is 1.62. The van der Waals surface area contributed by atoms with Crippen molar-refractivity contribution >= 4 is 28.4 Å². The molecule has 1 amide bonds. The van der Waals surface area contributed by atoms with Crippen LogP contribution in [-0.4, -0.2) is 63.7 Å². The van der Waals surface area contributed by atoms with E-state index < -0.39 is 0 Å². The van der Waals surface area contributed by atoms with Crippen LogP contribution in [0.4, 0.5) is 0 Å². The molecular weight excluding hydrogens is 470 g/mol. The third-order valence-corrected chi connectivity index (χ3v) is 6.49. The van der Waals surface area contributed by atoms with Crippen LogP contribution in [0.3, 0.4) is 0 Å². The molecule has 1 aliphatic rings. The summed E-state index contributed by atoms with van der Waals surface area (Å²) in [5.41, 5.74) is 2.60. The number of nitrogens with zero attached hydrogens (tertiary/aromatic N) is 4. The predicted molar refractivity (Wildman–Crippen MR) is 132 cm³/mol. The molecule has 0 radical (unpaired) electrons. The molecule has 2 aromatic carbocycles. The first-order valence-corrected chi connectivity index (χ1v) is 11.7. The summed E-state index contributed by atoms with van der Waals surface area (Å²) in [4.78, 5) is 16.9. The number of methoxy groups -OCH3 is 1. The van der Waals surface area contributed by atoms with Gasteiger partial charge in [-0.25, -0.2) is 4.98 Å². The number of nitrogens with one attached hydrogen (secondary N) is 3. The number of fused-ring (bicyclic) bond motifs is 1. The molecule has 2 aromatic heterocycles. The fraction of sp³-hybridized carbons (Fsp3) is 0.333. The topological polar surface area (TPSA) is 119 Å². The number of aromatic nitrogens is 5. The van der Waals surface area contributed by atoms with Crippen LogP contribution in [0.2, 0.25) is 5.02 Å². The molecule has 1 aliphatic heterocycles. The second-order valence-corrected chi connectivity index (χ2v) is 8.81. The van der Waals surface area contributed by atoms with Crippen LogP contribution in [0.25, 0.3) is 22.3 Å². The number of carbonyl (C=O) groups excluding carboxylic acids is 1. The Morgan fingerprint density at radius 2 is 2.17 bits per heavy atom. The van der Waals surface area contributed by atoms with Crippen molar-refractivity contribution in [3.8, 4) is 22.9 Å². The van der Waals surface area contributed by atoms with E-state index in [9.17, 15) is 4.79 Å². The van der Waals surface area contributed by atoms with Crippen LogP contribution < -0.4 is 20.1 Å². The maximum Gasteiger partial charge on any atom is 0.258 e. The van der Waals surface area contributed by atoms with Gasteiger partial charge in [0, 0.05) is 37.0 Å². The first-order chi connectivity index (χ1) is 17.0. The molecule has 35 heavy (non-hydrogen) atoms. The Morgan fingerprint density at radius 1 is 1.29 bits per heavy atom. The van der Waals surface area contributed by atoms with Gasteiger partial charge in [0.15, 0.2) is 23.9 Å². The first-order valence-electron chi connectivity index (χ1n) is 11.3. The number of hydrogen-bond acceptors (Lipinski definition) is 7. The summed E-state index contributed by atoms with van der Waals surface area (Å²) in [6, 6.07) is 9.48. The van der Waals surface area contributed by atoms with E-state index in [-0.39, 0.29) is 18.6 Å². The average molecular weight is 496 g/mol. The number of aromatic amines is 1. The summed E-state index contributed by atoms with van der Waals surface area (Å²) in [5.74, 6) is 2.14. The van der Waals surface area contributed by atoms with Crippen molar-refractivity contribution in [2.75, 3.05) is 26.8 Å². The zero-order valence-electron chi connectivity index (χ0n) is 19.5. The molecule has 0 aliphatic carbocycles. The highest BCUT2D eigenvalue weighted by Gasteiger charge is 2.18. The van der Waals surface area contributed by atoms with Crippen molar-refractivity contribution in [2.45, 2.75) is 18.9 Å². The summed E-state index contributed by atoms with van der Waals surface area (Å²) < 4.78 is 13.0. The number of ether oxygens (including phenoxy) is 2. The minimum atomic E-state index is -0.159. The second kappa shape index (κ2) is 9.93. The van der Waals surface area contributed by atoms with Crippen molar-refractivity contribution in [3.63, 3.8) is 0 Å². The number of halogens is 1. The van der Waals surface area contributed by atoms with E-state index >= 15 is 0 Å². The Balaban J connectivity index is 1.30. The molecule has 4 aromatic rings. The van der Waals surface area contributed by atoms with Gasteiger partial charge in [0.05, 0.1) is 23.8 Å². The summed E-state index contributed by atoms with van der Waals surface area (Å²) in [5, 5.41) is 19.3. The SMILES string of the molecule is COc1cc(-c2nc(Cc3ccc4[nH]ncc4c3Cl)n(C)n2)ccc1OCC(=O)NC1CCNC1. The molecule has 3 heterocycles. The van der Waals surface area contributed by atoms with Gasteiger partial charge in [0.1, 0.15) is 5.82 Å². The van der Waals surface area contributed by atoms with Crippen molar-refractivity contribution in [1.82, 2.24) is 35.6 Å². The Hall–Kier alpha value is -3.63. The van der Waals surface area contributed by atoms with Crippen LogP contribution in [0.1, 0.15) is 17.8 Å². The van der Waals surface area contributed by atoms with Crippen molar-refractivity contribution < 1.29 is 14.3 Å². The van der Waals surface area contributed by atoms with Gasteiger partial charge >= 0.3 is 0 Å². The van der Waals surface area contributed by atoms with Crippen LogP contribution in [0.5, 0.6) is 11.5 Å². The number of H-pyrrole nitrogens is 1. The zero-order chi connectivity index (χ0) is 24.4. The smallest absolute Gasteiger partial charge is 0.258 e. The number of hydrogen-bond donors (Lipinski definition) is 3. The number of rotatable bonds is 8. The Morgan fingerprint density at radius 3 is 2.97 bits per heavy atom. The summed E-state index contributed by atoms with van der Waals surface area (Å²) in [7, 11) is 3.41. The van der Waals surface area contributed by atoms with Crippen LogP contribution in [0, 0.1) is 0 Å². The van der Waals surface area contributed by atoms with Crippen LogP contribution in [0.15, 0.2) is 36.5 Å². The highest BCUT2D eigenvalue weighted by Crippen LogP contribution is 2.32. The quantitative estimate of drug-likeness (QED) is 0.343. The fourth-order valence-corrected chi connectivity index (χ4v) is 4.42. The van der Waals surface area contributed by atoms with E-state index in [1.54, 1.807) is 30.1 Å². The molecule has 3 N–H and O–H groups in total. The second-order valence-electron chi connectivity index (χ2n) is 8.43. The summed E-state index contributed by atoms with van der Waals surface area (Å²) in [6.07, 6.45) is 3.16. The van der Waals surface area contributed by atoms with E-state index in [4.69, 9.17) is 26.1 Å². The molecule has 1 atom stereocenters. The monoisotopic (exact) mass is 495 g/mol. The highest BCUT2D eigenvalue weighted by molar-refractivity contribution is 6.36. The lowest BCUT2D eigenvalue weighted by Gasteiger charge is -2.14. The Kier molecular flexibility index (Phi) is 6.56. The van der Waals surface area contributed by atoms with Crippen molar-refractivity contribution in [2.24, 2.45) is 7.05 Å². The largest absolute Gasteiger partial charge is 0.493 e. The minimum Gasteiger partial charge on any atom is -0.493 e. The maximum absolute atomic E-state index is 12.2. The lowest BCUT2D eigenvalue weighted by Crippen LogP contribution is -2.39. The number of amides is 1. The molecule has 5 rings (SSSR count). The molecular formula is C24H26ClN7O3. The first kappa shape index (κ1) is 23.1. The van der Waals surface area contributed by atoms with Crippen molar-refractivity contribution in [1.29, 1.82) is 0 Å². The van der Waals surface area contributed by atoms with Gasteiger partial charge in [0.25, 0.3) is 5.91 Å². The molecule has 182 valence electrons. The predicted octanol–water partition coefficient (Wildman–Crippen LogP) is 2.47. The Labute approximate surface area is 207 Å². The maximum atomic E-state index is 12.2. The van der Waals surface area contributed by atoms with Crippen LogP contribution in [-0.2, 0) is 18.3 Å². The lowest BCUT2D eigenvalue weighted by molar-refractivity contribution is -0.123. The highest BCUT2D eigenvalue weighted by atomic mass is 35.5. The van der Waals surface area contributed by atoms with Gasteiger partial charge in [-0.3, -0.25) is 14.6 Å². The molecule has 0 saturated carbocycles. The van der Waals surface area contributed by atoms with Gasteiger partial charge in [-0.15, -0.1) is 0 Å². The standard InChI is InChI=1S/C24H26ClN7O3/c1-32-21(10-14-3-5-18-17(23(14)25)12-27-30-18)29-24(31-32)15-4-6-19(20(9-15)34-2)35-13-22(33)28-16-7-8-26-11-16/h3-6,9,12,16,26H,7-8,10-11,13H2,1-2H3,(H,27,30)(H,28,33). The van der Waals surface area contributed by atoms with Gasteiger partial charge in [-0.1, -0.05) is 17.7 Å². The third kappa shape index (κ3) is 4.94. The third-order valence-electron chi connectivity index (χ3n) is 6.05. The summed E-state index contributed by atoms with van der Waals surface area (Å²) >= 11 is 6.59. The fourth-order valence-electron chi connectivity index (χ4n) is 4.14. The minimum absolute atomic E-state index is 0.0834. The molecule has 10 nitrogen and oxygen atoms in total. The van der Waals surface area contributed by atoms with Crippen LogP contribution >= 0.6 is 11.6 Å². The van der Waals surface area contributed by atoms with E-state index in [1.165, 1.54) is 0 Å². The average Bonchev–Trinajstić information content (AvgIpc) is 3.62. The lowest BCUT2D eigenvalue weighted by atomic mass is 10.1. The van der Waals surface area contributed by atoms with E-state index in [1.807, 2.05) is 25.2 Å². The number of aryl methyl sites for hydroxylation is 1. The van der Waals surface area contributed by atoms with Gasteiger partial charge < -0.3 is 20.1 Å². The normalized spacial score (nSPS) is 15.5. The molecule has 0 bridgehead atoms. The molecule has 0 spiro atoms. The number of carbonyl (C=O) groups is 1. The van der Waals surface area contributed by atoms with Crippen molar-refractivity contribution in [3.05, 3.63) is 52.9 Å². The number of benzene rings is 2. The zero-order valence-corrected chi connectivity index (χ0v) is 20.2.